The Balaban J connectivity index is 1.91. The van der Waals surface area contributed by atoms with Crippen molar-refractivity contribution in [2.45, 2.75) is 25.8 Å². The van der Waals surface area contributed by atoms with E-state index in [0.29, 0.717) is 6.42 Å². The number of nitrogens with one attached hydrogen (secondary N) is 1. The van der Waals surface area contributed by atoms with Gasteiger partial charge in [0.2, 0.25) is 0 Å². The molecule has 0 aliphatic rings. The van der Waals surface area contributed by atoms with Gasteiger partial charge in [0.25, 0.3) is 5.91 Å². The fourth-order valence-electron chi connectivity index (χ4n) is 2.09. The van der Waals surface area contributed by atoms with Gasteiger partial charge >= 0.3 is 0 Å². The van der Waals surface area contributed by atoms with Gasteiger partial charge in [-0.05, 0) is 49.6 Å². The summed E-state index contributed by atoms with van der Waals surface area (Å²) in [5.74, 6) is -2.73. The van der Waals surface area contributed by atoms with Crippen LogP contribution in [0.15, 0.2) is 46.9 Å². The van der Waals surface area contributed by atoms with Crippen molar-refractivity contribution >= 4 is 21.8 Å². The van der Waals surface area contributed by atoms with Gasteiger partial charge in [0.15, 0.2) is 11.6 Å². The number of aryl methyl sites for hydroxylation is 1. The Hall–Kier alpha value is -1.75. The molecule has 1 atom stereocenters. The normalized spacial score (nSPS) is 12.0. The Morgan fingerprint density at radius 1 is 1.18 bits per heavy atom. The molecular weight excluding hydrogens is 352 g/mol. The van der Waals surface area contributed by atoms with Crippen LogP contribution in [0.5, 0.6) is 0 Å². The van der Waals surface area contributed by atoms with Crippen molar-refractivity contribution in [2.75, 3.05) is 0 Å². The monoisotopic (exact) mass is 367 g/mol. The SMILES string of the molecule is CC(CCc1ccc(Br)cc1)NC(=O)c1cccc(F)c1F. The maximum absolute atomic E-state index is 13.6. The van der Waals surface area contributed by atoms with E-state index in [4.69, 9.17) is 0 Å². The van der Waals surface area contributed by atoms with Crippen LogP contribution >= 0.6 is 15.9 Å². The van der Waals surface area contributed by atoms with Gasteiger partial charge in [-0.2, -0.15) is 0 Å². The smallest absolute Gasteiger partial charge is 0.254 e. The predicted octanol–water partition coefficient (Wildman–Crippen LogP) is 4.48. The third kappa shape index (κ3) is 4.37. The van der Waals surface area contributed by atoms with Gasteiger partial charge in [-0.3, -0.25) is 4.79 Å². The van der Waals surface area contributed by atoms with Crippen molar-refractivity contribution in [1.29, 1.82) is 0 Å². The maximum atomic E-state index is 13.6. The second kappa shape index (κ2) is 7.49. The molecule has 2 aromatic rings. The van der Waals surface area contributed by atoms with Crippen LogP contribution in [0.1, 0.15) is 29.3 Å². The lowest BCUT2D eigenvalue weighted by atomic mass is 10.1. The Morgan fingerprint density at radius 2 is 1.86 bits per heavy atom. The molecule has 0 aliphatic heterocycles. The van der Waals surface area contributed by atoms with Gasteiger partial charge in [-0.1, -0.05) is 34.1 Å². The summed E-state index contributed by atoms with van der Waals surface area (Å²) in [5, 5.41) is 2.69. The first-order valence-corrected chi connectivity index (χ1v) is 7.76. The van der Waals surface area contributed by atoms with Gasteiger partial charge in [-0.25, -0.2) is 8.78 Å². The number of halogens is 3. The van der Waals surface area contributed by atoms with Crippen molar-refractivity contribution in [1.82, 2.24) is 5.32 Å². The van der Waals surface area contributed by atoms with Crippen molar-refractivity contribution < 1.29 is 13.6 Å². The lowest BCUT2D eigenvalue weighted by Crippen LogP contribution is -2.33. The average Bonchev–Trinajstić information content (AvgIpc) is 2.49. The van der Waals surface area contributed by atoms with Gasteiger partial charge in [0.05, 0.1) is 5.56 Å². The van der Waals surface area contributed by atoms with E-state index in [9.17, 15) is 13.6 Å². The van der Waals surface area contributed by atoms with Crippen molar-refractivity contribution in [3.8, 4) is 0 Å². The highest BCUT2D eigenvalue weighted by atomic mass is 79.9. The molecule has 22 heavy (non-hydrogen) atoms. The summed E-state index contributed by atoms with van der Waals surface area (Å²) < 4.78 is 27.7. The zero-order valence-corrected chi connectivity index (χ0v) is 13.7. The summed E-state index contributed by atoms with van der Waals surface area (Å²) in [6.07, 6.45) is 1.50. The molecule has 1 amide bonds. The van der Waals surface area contributed by atoms with Crippen LogP contribution in [0, 0.1) is 11.6 Å². The first-order chi connectivity index (χ1) is 10.5. The third-order valence-electron chi connectivity index (χ3n) is 3.35. The largest absolute Gasteiger partial charge is 0.349 e. The first-order valence-electron chi connectivity index (χ1n) is 6.96. The van der Waals surface area contributed by atoms with E-state index in [-0.39, 0.29) is 11.6 Å². The summed E-state index contributed by atoms with van der Waals surface area (Å²) >= 11 is 3.37. The molecule has 0 bridgehead atoms. The first kappa shape index (κ1) is 16.6. The van der Waals surface area contributed by atoms with Crippen molar-refractivity contribution in [3.63, 3.8) is 0 Å². The molecule has 0 spiro atoms. The highest BCUT2D eigenvalue weighted by molar-refractivity contribution is 9.10. The summed E-state index contributed by atoms with van der Waals surface area (Å²) in [6.45, 7) is 1.84. The summed E-state index contributed by atoms with van der Waals surface area (Å²) in [6, 6.07) is 11.4. The molecule has 1 N–H and O–H groups in total. The molecule has 2 nitrogen and oxygen atoms in total. The minimum Gasteiger partial charge on any atom is -0.349 e. The Labute approximate surface area is 136 Å². The molecular formula is C17H16BrF2NO. The van der Waals surface area contributed by atoms with Crippen molar-refractivity contribution in [3.05, 3.63) is 69.7 Å². The number of amides is 1. The van der Waals surface area contributed by atoms with E-state index in [0.717, 1.165) is 22.5 Å². The summed E-state index contributed by atoms with van der Waals surface area (Å²) in [5.41, 5.74) is 0.886. The maximum Gasteiger partial charge on any atom is 0.254 e. The van der Waals surface area contributed by atoms with Crippen LogP contribution in [0.4, 0.5) is 8.78 Å². The molecule has 0 fully saturated rings. The molecule has 0 saturated heterocycles. The van der Waals surface area contributed by atoms with Crippen LogP contribution in [0.3, 0.4) is 0 Å². The van der Waals surface area contributed by atoms with E-state index < -0.39 is 17.5 Å². The molecule has 0 saturated carbocycles. The highest BCUT2D eigenvalue weighted by Crippen LogP contribution is 2.14. The number of rotatable bonds is 5. The summed E-state index contributed by atoms with van der Waals surface area (Å²) in [7, 11) is 0. The number of carbonyl (C=O) groups is 1. The highest BCUT2D eigenvalue weighted by Gasteiger charge is 2.16. The molecule has 0 radical (unpaired) electrons. The lowest BCUT2D eigenvalue weighted by molar-refractivity contribution is 0.0933. The molecule has 5 heteroatoms. The van der Waals surface area contributed by atoms with E-state index in [2.05, 4.69) is 21.2 Å². The third-order valence-corrected chi connectivity index (χ3v) is 3.88. The minimum absolute atomic E-state index is 0.140. The van der Waals surface area contributed by atoms with Crippen LogP contribution < -0.4 is 5.32 Å². The molecule has 2 rings (SSSR count). The van der Waals surface area contributed by atoms with E-state index in [1.54, 1.807) is 0 Å². The summed E-state index contributed by atoms with van der Waals surface area (Å²) in [4.78, 5) is 12.0. The van der Waals surface area contributed by atoms with Crippen LogP contribution in [-0.4, -0.2) is 11.9 Å². The number of hydrogen-bond donors (Lipinski definition) is 1. The second-order valence-corrected chi connectivity index (χ2v) is 6.06. The Kier molecular flexibility index (Phi) is 5.66. The van der Waals surface area contributed by atoms with Gasteiger partial charge in [0, 0.05) is 10.5 Å². The van der Waals surface area contributed by atoms with E-state index in [1.807, 2.05) is 31.2 Å². The fourth-order valence-corrected chi connectivity index (χ4v) is 2.35. The Bertz CT molecular complexity index is 658. The second-order valence-electron chi connectivity index (χ2n) is 5.14. The lowest BCUT2D eigenvalue weighted by Gasteiger charge is -2.14. The average molecular weight is 368 g/mol. The number of benzene rings is 2. The van der Waals surface area contributed by atoms with Crippen LogP contribution in [-0.2, 0) is 6.42 Å². The zero-order chi connectivity index (χ0) is 16.1. The van der Waals surface area contributed by atoms with E-state index >= 15 is 0 Å². The molecule has 0 heterocycles. The van der Waals surface area contributed by atoms with Crippen LogP contribution in [0.25, 0.3) is 0 Å². The topological polar surface area (TPSA) is 29.1 Å². The quantitative estimate of drug-likeness (QED) is 0.829. The minimum atomic E-state index is -1.11. The number of carbonyl (C=O) groups excluding carboxylic acids is 1. The van der Waals surface area contributed by atoms with Crippen molar-refractivity contribution in [2.24, 2.45) is 0 Å². The fraction of sp³-hybridized carbons (Fsp3) is 0.235. The Morgan fingerprint density at radius 3 is 2.55 bits per heavy atom. The van der Waals surface area contributed by atoms with Gasteiger partial charge < -0.3 is 5.32 Å². The van der Waals surface area contributed by atoms with E-state index in [1.165, 1.54) is 12.1 Å². The molecule has 0 aliphatic carbocycles. The predicted molar refractivity (Wildman–Crippen MR) is 85.7 cm³/mol. The number of hydrogen-bond acceptors (Lipinski definition) is 1. The van der Waals surface area contributed by atoms with Gasteiger partial charge in [0.1, 0.15) is 0 Å². The molecule has 116 valence electrons. The molecule has 2 aromatic carbocycles. The molecule has 0 aromatic heterocycles. The van der Waals surface area contributed by atoms with Gasteiger partial charge in [-0.15, -0.1) is 0 Å². The van der Waals surface area contributed by atoms with Crippen LogP contribution in [0.2, 0.25) is 0 Å². The molecule has 1 unspecified atom stereocenters. The standard InChI is InChI=1S/C17H16BrF2NO/c1-11(5-6-12-7-9-13(18)10-8-12)21-17(22)14-3-2-4-15(19)16(14)20/h2-4,7-11H,5-6H2,1H3,(H,21,22). The zero-order valence-electron chi connectivity index (χ0n) is 12.1.